The van der Waals surface area contributed by atoms with E-state index in [0.29, 0.717) is 5.92 Å². The highest BCUT2D eigenvalue weighted by atomic mass is 32.1. The largest absolute Gasteiger partial charge is 0.277 e. The Morgan fingerprint density at radius 2 is 2.03 bits per heavy atom. The maximum Gasteiger partial charge on any atom is 0.0785 e. The number of allylic oxidation sites excluding steroid dienone is 6. The molecule has 0 saturated carbocycles. The van der Waals surface area contributed by atoms with Crippen LogP contribution in [0.1, 0.15) is 66.2 Å². The molecule has 0 spiro atoms. The Morgan fingerprint density at radius 1 is 1.17 bits per heavy atom. The number of nitrogens with zero attached hydrogens (tertiary/aromatic N) is 1. The number of fused-ring (bicyclic) bond motifs is 3. The maximum atomic E-state index is 4.37. The number of aryl methyl sites for hydroxylation is 1. The first-order valence-electron chi connectivity index (χ1n) is 11.0. The van der Waals surface area contributed by atoms with Crippen molar-refractivity contribution in [2.75, 3.05) is 0 Å². The Morgan fingerprint density at radius 3 is 2.87 bits per heavy atom. The van der Waals surface area contributed by atoms with Gasteiger partial charge in [0.05, 0.1) is 16.8 Å². The number of H-pyrrole nitrogens is 1. The van der Waals surface area contributed by atoms with Crippen molar-refractivity contribution in [1.29, 1.82) is 0 Å². The molecule has 0 saturated heterocycles. The Labute approximate surface area is 183 Å². The van der Waals surface area contributed by atoms with Crippen molar-refractivity contribution in [2.24, 2.45) is 0 Å². The lowest BCUT2D eigenvalue weighted by atomic mass is 9.81. The van der Waals surface area contributed by atoms with Crippen LogP contribution >= 0.6 is 11.3 Å². The van der Waals surface area contributed by atoms with Crippen LogP contribution in [0.15, 0.2) is 66.4 Å². The Hall–Kier alpha value is -2.65. The van der Waals surface area contributed by atoms with Crippen LogP contribution in [0.4, 0.5) is 0 Å². The van der Waals surface area contributed by atoms with Crippen molar-refractivity contribution in [2.45, 2.75) is 51.9 Å². The fourth-order valence-electron chi connectivity index (χ4n) is 4.55. The molecule has 1 atom stereocenters. The van der Waals surface area contributed by atoms with Crippen LogP contribution in [0.3, 0.4) is 0 Å². The number of rotatable bonds is 4. The van der Waals surface area contributed by atoms with E-state index in [0.717, 1.165) is 25.7 Å². The minimum absolute atomic E-state index is 0.390. The number of nitrogens with one attached hydrogen (secondary N) is 1. The van der Waals surface area contributed by atoms with E-state index in [1.54, 1.807) is 0 Å². The van der Waals surface area contributed by atoms with Gasteiger partial charge >= 0.3 is 0 Å². The van der Waals surface area contributed by atoms with Gasteiger partial charge in [-0.15, -0.1) is 11.3 Å². The van der Waals surface area contributed by atoms with Crippen molar-refractivity contribution in [3.05, 3.63) is 93.5 Å². The van der Waals surface area contributed by atoms with Gasteiger partial charge in [-0.25, -0.2) is 0 Å². The fourth-order valence-corrected chi connectivity index (χ4v) is 5.81. The van der Waals surface area contributed by atoms with E-state index >= 15 is 0 Å². The third kappa shape index (κ3) is 3.63. The van der Waals surface area contributed by atoms with Gasteiger partial charge in [-0.3, -0.25) is 5.10 Å². The highest BCUT2D eigenvalue weighted by molar-refractivity contribution is 7.16. The molecule has 152 valence electrons. The molecule has 2 nitrogen and oxygen atoms in total. The molecule has 1 N–H and O–H groups in total. The number of hydrogen-bond acceptors (Lipinski definition) is 2. The molecule has 1 aromatic carbocycles. The second kappa shape index (κ2) is 8.23. The summed E-state index contributed by atoms with van der Waals surface area (Å²) in [6.07, 6.45) is 16.8. The highest BCUT2D eigenvalue weighted by Crippen LogP contribution is 2.47. The average molecular weight is 413 g/mol. The van der Waals surface area contributed by atoms with Crippen molar-refractivity contribution in [1.82, 2.24) is 10.2 Å². The Balaban J connectivity index is 1.58. The van der Waals surface area contributed by atoms with E-state index in [9.17, 15) is 0 Å². The molecule has 2 aromatic heterocycles. The Bertz CT molecular complexity index is 1140. The van der Waals surface area contributed by atoms with Crippen LogP contribution in [-0.4, -0.2) is 10.2 Å². The molecule has 2 aliphatic carbocycles. The molecule has 0 fully saturated rings. The van der Waals surface area contributed by atoms with E-state index < -0.39 is 0 Å². The van der Waals surface area contributed by atoms with Gasteiger partial charge in [0.25, 0.3) is 0 Å². The van der Waals surface area contributed by atoms with E-state index in [1.807, 2.05) is 17.5 Å². The number of benzene rings is 1. The molecule has 1 unspecified atom stereocenters. The molecule has 0 radical (unpaired) electrons. The van der Waals surface area contributed by atoms with Gasteiger partial charge in [0.1, 0.15) is 0 Å². The molecule has 5 rings (SSSR count). The lowest BCUT2D eigenvalue weighted by molar-refractivity contribution is 0.797. The SMILES string of the molecule is CCCc1ccc(C2Cc3cn[nH]c3-c3sc(C4=CC=C(C)CCC=C4)cc32)cc1. The van der Waals surface area contributed by atoms with E-state index in [1.165, 1.54) is 55.3 Å². The summed E-state index contributed by atoms with van der Waals surface area (Å²) in [7, 11) is 0. The van der Waals surface area contributed by atoms with Gasteiger partial charge in [-0.05, 0) is 66.5 Å². The van der Waals surface area contributed by atoms with Gasteiger partial charge in [-0.2, -0.15) is 5.10 Å². The molecule has 3 aromatic rings. The maximum absolute atomic E-state index is 4.37. The summed E-state index contributed by atoms with van der Waals surface area (Å²) in [5.74, 6) is 0.390. The first-order valence-corrected chi connectivity index (χ1v) is 11.8. The van der Waals surface area contributed by atoms with Crippen LogP contribution in [0.2, 0.25) is 0 Å². The van der Waals surface area contributed by atoms with Gasteiger partial charge in [-0.1, -0.05) is 67.5 Å². The molecule has 0 aliphatic heterocycles. The van der Waals surface area contributed by atoms with E-state index in [-0.39, 0.29) is 0 Å². The summed E-state index contributed by atoms with van der Waals surface area (Å²) >= 11 is 1.90. The normalized spacial score (nSPS) is 18.1. The van der Waals surface area contributed by atoms with Crippen molar-refractivity contribution >= 4 is 16.9 Å². The zero-order valence-electron chi connectivity index (χ0n) is 17.7. The summed E-state index contributed by atoms with van der Waals surface area (Å²) < 4.78 is 0. The lowest BCUT2D eigenvalue weighted by Crippen LogP contribution is -2.10. The summed E-state index contributed by atoms with van der Waals surface area (Å²) in [6, 6.07) is 11.7. The van der Waals surface area contributed by atoms with Crippen LogP contribution in [0.25, 0.3) is 16.1 Å². The van der Waals surface area contributed by atoms with Crippen LogP contribution < -0.4 is 0 Å². The topological polar surface area (TPSA) is 28.7 Å². The van der Waals surface area contributed by atoms with Crippen molar-refractivity contribution < 1.29 is 0 Å². The summed E-state index contributed by atoms with van der Waals surface area (Å²) in [4.78, 5) is 2.70. The smallest absolute Gasteiger partial charge is 0.0785 e. The third-order valence-electron chi connectivity index (χ3n) is 6.26. The standard InChI is InChI=1S/C27H28N2S/c1-3-6-19-10-13-20(14-11-19)23-15-22-17-28-29-26(22)27-24(23)16-25(30-27)21-8-5-4-7-18(2)9-12-21/h5,8-14,16-17,23H,3-4,6-7,15H2,1-2H3,(H,28,29). The lowest BCUT2D eigenvalue weighted by Gasteiger charge is -2.23. The zero-order valence-corrected chi connectivity index (χ0v) is 18.6. The summed E-state index contributed by atoms with van der Waals surface area (Å²) in [5, 5.41) is 7.64. The highest BCUT2D eigenvalue weighted by Gasteiger charge is 2.30. The zero-order chi connectivity index (χ0) is 20.5. The number of thiophene rings is 1. The monoisotopic (exact) mass is 412 g/mol. The Kier molecular flexibility index (Phi) is 5.30. The van der Waals surface area contributed by atoms with Gasteiger partial charge in [0, 0.05) is 10.8 Å². The molecule has 2 aliphatic rings. The van der Waals surface area contributed by atoms with Crippen molar-refractivity contribution in [3.63, 3.8) is 0 Å². The van der Waals surface area contributed by atoms with E-state index in [2.05, 4.69) is 78.7 Å². The average Bonchev–Trinajstić information content (AvgIpc) is 3.38. The molecule has 3 heteroatoms. The third-order valence-corrected chi connectivity index (χ3v) is 7.48. The summed E-state index contributed by atoms with van der Waals surface area (Å²) in [5.41, 5.74) is 9.57. The second-order valence-corrected chi connectivity index (χ2v) is 9.54. The van der Waals surface area contributed by atoms with Gasteiger partial charge in [0.15, 0.2) is 0 Å². The molecular formula is C27H28N2S. The molecule has 2 heterocycles. The number of aromatic amines is 1. The quantitative estimate of drug-likeness (QED) is 0.473. The molecule has 0 bridgehead atoms. The second-order valence-electron chi connectivity index (χ2n) is 8.49. The fraction of sp³-hybridized carbons (Fsp3) is 0.296. The number of hydrogen-bond donors (Lipinski definition) is 1. The van der Waals surface area contributed by atoms with Crippen molar-refractivity contribution in [3.8, 4) is 10.6 Å². The first-order chi connectivity index (χ1) is 14.7. The van der Waals surface area contributed by atoms with Gasteiger partial charge < -0.3 is 0 Å². The molecular weight excluding hydrogens is 384 g/mol. The van der Waals surface area contributed by atoms with Crippen LogP contribution in [-0.2, 0) is 12.8 Å². The molecule has 0 amide bonds. The number of aromatic nitrogens is 2. The minimum atomic E-state index is 0.390. The summed E-state index contributed by atoms with van der Waals surface area (Å²) in [6.45, 7) is 4.46. The predicted octanol–water partition coefficient (Wildman–Crippen LogP) is 7.46. The van der Waals surface area contributed by atoms with E-state index in [4.69, 9.17) is 0 Å². The van der Waals surface area contributed by atoms with Gasteiger partial charge in [0.2, 0.25) is 0 Å². The van der Waals surface area contributed by atoms with Crippen LogP contribution in [0.5, 0.6) is 0 Å². The molecule has 30 heavy (non-hydrogen) atoms. The first kappa shape index (κ1) is 19.3. The minimum Gasteiger partial charge on any atom is -0.277 e. The van der Waals surface area contributed by atoms with Crippen LogP contribution in [0, 0.1) is 0 Å². The predicted molar refractivity (Wildman–Crippen MR) is 128 cm³/mol.